The van der Waals surface area contributed by atoms with Gasteiger partial charge in [0.25, 0.3) is 0 Å². The molecule has 2 nitrogen and oxygen atoms in total. The van der Waals surface area contributed by atoms with Gasteiger partial charge in [-0.05, 0) is 56.8 Å². The molecule has 0 saturated heterocycles. The third kappa shape index (κ3) is 6.76. The molecule has 4 aromatic carbocycles. The Labute approximate surface area is 272 Å². The average Bonchev–Trinajstić information content (AvgIpc) is 3.40. The van der Waals surface area contributed by atoms with Gasteiger partial charge in [-0.25, -0.2) is 0 Å². The Bertz CT molecular complexity index is 1970. The molecule has 0 amide bonds. The van der Waals surface area contributed by atoms with Crippen LogP contribution < -0.4 is 5.19 Å². The number of aryl methyl sites for hydroxylation is 1. The molecule has 0 bridgehead atoms. The molecule has 5 heteroatoms. The van der Waals surface area contributed by atoms with Crippen LogP contribution in [0.15, 0.2) is 122 Å². The molecule has 215 valence electrons. The molecule has 0 aliphatic rings. The minimum Gasteiger partial charge on any atom is -0.305 e. The zero-order valence-electron chi connectivity index (χ0n) is 24.7. The first-order valence-electron chi connectivity index (χ1n) is 14.2. The van der Waals surface area contributed by atoms with Gasteiger partial charge >= 0.3 is 0 Å². The van der Waals surface area contributed by atoms with Gasteiger partial charge in [0.1, 0.15) is 0 Å². The second-order valence-electron chi connectivity index (χ2n) is 11.4. The fraction of sp³-hybridized carbons (Fsp3) is 0.105. The molecule has 0 N–H and O–H groups in total. The van der Waals surface area contributed by atoms with Gasteiger partial charge < -0.3 is 9.97 Å². The molecule has 0 aliphatic heterocycles. The van der Waals surface area contributed by atoms with Crippen molar-refractivity contribution in [3.8, 4) is 33.6 Å². The third-order valence-corrected chi connectivity index (χ3v) is 10.7. The van der Waals surface area contributed by atoms with Gasteiger partial charge in [0.2, 0.25) is 0 Å². The van der Waals surface area contributed by atoms with E-state index in [4.69, 9.17) is 0 Å². The standard InChI is InChI=1S/C23H14NS.C15H18NSi.Ir/c1-2-7-16(8-3-1)17-12-13-18-19-9-6-10-20(21-11-4-5-14-24-21)23(19)25-22(18)15-17;1-12-10-14(13-8-6-5-7-9-13)16-11-15(12)17(2,3)4;/h1-9,11-15H;5-8,10-11H,1-4H3;/q2*-1;. The monoisotopic (exact) mass is 769 g/mol. The minimum absolute atomic E-state index is 0. The van der Waals surface area contributed by atoms with Crippen LogP contribution in [0.25, 0.3) is 53.8 Å². The number of fused-ring (bicyclic) bond motifs is 3. The van der Waals surface area contributed by atoms with Crippen molar-refractivity contribution in [3.05, 3.63) is 139 Å². The first-order chi connectivity index (χ1) is 20.4. The molecule has 0 atom stereocenters. The summed E-state index contributed by atoms with van der Waals surface area (Å²) < 4.78 is 2.55. The molecular formula is C38H32IrN2SSi-2. The number of hydrogen-bond donors (Lipinski definition) is 0. The van der Waals surface area contributed by atoms with Crippen LogP contribution in [0.4, 0.5) is 0 Å². The van der Waals surface area contributed by atoms with Crippen LogP contribution in [0, 0.1) is 19.1 Å². The van der Waals surface area contributed by atoms with Crippen LogP contribution in [-0.2, 0) is 20.1 Å². The van der Waals surface area contributed by atoms with E-state index in [1.807, 2.05) is 60.0 Å². The molecule has 0 unspecified atom stereocenters. The van der Waals surface area contributed by atoms with E-state index in [9.17, 15) is 0 Å². The fourth-order valence-electron chi connectivity index (χ4n) is 5.29. The summed E-state index contributed by atoms with van der Waals surface area (Å²) in [4.78, 5) is 9.09. The summed E-state index contributed by atoms with van der Waals surface area (Å²) in [5.74, 6) is 0. The summed E-state index contributed by atoms with van der Waals surface area (Å²) in [7, 11) is -1.27. The molecule has 7 rings (SSSR count). The largest absolute Gasteiger partial charge is 0.305 e. The zero-order valence-corrected chi connectivity index (χ0v) is 28.9. The maximum atomic E-state index is 4.58. The van der Waals surface area contributed by atoms with Crippen molar-refractivity contribution in [3.63, 3.8) is 0 Å². The summed E-state index contributed by atoms with van der Waals surface area (Å²) >= 11 is 1.82. The van der Waals surface area contributed by atoms with Crippen LogP contribution in [0.5, 0.6) is 0 Å². The van der Waals surface area contributed by atoms with Crippen LogP contribution in [0.1, 0.15) is 5.56 Å². The Balaban J connectivity index is 0.000000180. The molecular weight excluding hydrogens is 737 g/mol. The molecule has 0 fully saturated rings. The molecule has 1 radical (unpaired) electrons. The Kier molecular flexibility index (Phi) is 9.48. The van der Waals surface area contributed by atoms with E-state index < -0.39 is 8.07 Å². The van der Waals surface area contributed by atoms with E-state index in [1.165, 1.54) is 42.0 Å². The van der Waals surface area contributed by atoms with Gasteiger partial charge in [0, 0.05) is 37.2 Å². The molecule has 7 aromatic rings. The van der Waals surface area contributed by atoms with E-state index in [0.29, 0.717) is 0 Å². The predicted molar refractivity (Wildman–Crippen MR) is 183 cm³/mol. The van der Waals surface area contributed by atoms with E-state index in [1.54, 1.807) is 0 Å². The van der Waals surface area contributed by atoms with Crippen molar-refractivity contribution in [2.24, 2.45) is 0 Å². The topological polar surface area (TPSA) is 25.8 Å². The summed E-state index contributed by atoms with van der Waals surface area (Å²) in [6, 6.07) is 44.2. The Morgan fingerprint density at radius 3 is 2.16 bits per heavy atom. The maximum absolute atomic E-state index is 4.58. The van der Waals surface area contributed by atoms with Gasteiger partial charge in [-0.2, -0.15) is 11.3 Å². The van der Waals surface area contributed by atoms with Crippen LogP contribution in [0.3, 0.4) is 0 Å². The minimum atomic E-state index is -1.27. The summed E-state index contributed by atoms with van der Waals surface area (Å²) in [6.07, 6.45) is 3.89. The fourth-order valence-corrected chi connectivity index (χ4v) is 8.25. The molecule has 3 heterocycles. The van der Waals surface area contributed by atoms with Crippen molar-refractivity contribution in [2.75, 3.05) is 0 Å². The van der Waals surface area contributed by atoms with E-state index in [2.05, 4.69) is 122 Å². The smallest absolute Gasteiger partial charge is 0.0798 e. The van der Waals surface area contributed by atoms with Crippen molar-refractivity contribution in [1.82, 2.24) is 9.97 Å². The third-order valence-electron chi connectivity index (χ3n) is 7.37. The second-order valence-corrected chi connectivity index (χ2v) is 17.5. The average molecular weight is 769 g/mol. The van der Waals surface area contributed by atoms with Crippen molar-refractivity contribution in [2.45, 2.75) is 26.6 Å². The number of thiophene rings is 1. The Morgan fingerprint density at radius 1 is 0.674 bits per heavy atom. The van der Waals surface area contributed by atoms with Crippen LogP contribution in [0.2, 0.25) is 19.6 Å². The summed E-state index contributed by atoms with van der Waals surface area (Å²) in [5.41, 5.74) is 8.00. The molecule has 3 aromatic heterocycles. The van der Waals surface area contributed by atoms with E-state index in [0.717, 1.165) is 22.5 Å². The maximum Gasteiger partial charge on any atom is 0.0798 e. The summed E-state index contributed by atoms with van der Waals surface area (Å²) in [5, 5.41) is 4.02. The zero-order chi connectivity index (χ0) is 29.1. The number of nitrogens with zero attached hydrogens (tertiary/aromatic N) is 2. The summed E-state index contributed by atoms with van der Waals surface area (Å²) in [6.45, 7) is 9.24. The SMILES string of the molecule is Cc1cc(-c2[c-]cccc2)ncc1[Si](C)(C)C.[Ir].[c-]1ccc2c(sc3cc(-c4ccccc4)ccc32)c1-c1ccccn1. The molecule has 0 spiro atoms. The first-order valence-corrected chi connectivity index (χ1v) is 18.5. The number of hydrogen-bond acceptors (Lipinski definition) is 3. The number of aromatic nitrogens is 2. The number of rotatable bonds is 4. The molecule has 43 heavy (non-hydrogen) atoms. The van der Waals surface area contributed by atoms with E-state index in [-0.39, 0.29) is 20.1 Å². The Morgan fingerprint density at radius 2 is 1.47 bits per heavy atom. The molecule has 0 aliphatic carbocycles. The van der Waals surface area contributed by atoms with Crippen LogP contribution in [-0.4, -0.2) is 18.0 Å². The second kappa shape index (κ2) is 13.3. The predicted octanol–water partition coefficient (Wildman–Crippen LogP) is 9.98. The van der Waals surface area contributed by atoms with Gasteiger partial charge in [-0.3, -0.25) is 0 Å². The van der Waals surface area contributed by atoms with Gasteiger partial charge in [0.05, 0.1) is 8.07 Å². The number of pyridine rings is 2. The first kappa shape index (κ1) is 30.7. The normalized spacial score (nSPS) is 11.1. The van der Waals surface area contributed by atoms with Gasteiger partial charge in [-0.15, -0.1) is 59.7 Å². The number of benzene rings is 4. The molecule has 0 saturated carbocycles. The van der Waals surface area contributed by atoms with Gasteiger partial charge in [0.15, 0.2) is 0 Å². The Hall–Kier alpha value is -3.73. The van der Waals surface area contributed by atoms with E-state index >= 15 is 0 Å². The van der Waals surface area contributed by atoms with Crippen molar-refractivity contribution >= 4 is 44.8 Å². The quantitative estimate of drug-likeness (QED) is 0.132. The van der Waals surface area contributed by atoms with Gasteiger partial charge in [-0.1, -0.05) is 91.3 Å². The van der Waals surface area contributed by atoms with Crippen molar-refractivity contribution in [1.29, 1.82) is 0 Å². The van der Waals surface area contributed by atoms with Crippen molar-refractivity contribution < 1.29 is 20.1 Å². The van der Waals surface area contributed by atoms with Crippen LogP contribution >= 0.6 is 11.3 Å².